The molecule has 0 spiro atoms. The summed E-state index contributed by atoms with van der Waals surface area (Å²) in [7, 11) is 0. The molecule has 0 aromatic heterocycles. The Hall–Kier alpha value is -0.530. The second-order valence-corrected chi connectivity index (χ2v) is 6.32. The van der Waals surface area contributed by atoms with Gasteiger partial charge in [-0.2, -0.15) is 0 Å². The van der Waals surface area contributed by atoms with Gasteiger partial charge in [-0.15, -0.1) is 0 Å². The predicted octanol–water partition coefficient (Wildman–Crippen LogP) is 5.47. The maximum absolute atomic E-state index is 12.0. The lowest BCUT2D eigenvalue weighted by atomic mass is 9.85. The maximum atomic E-state index is 12.0. The molecule has 0 atom stereocenters. The van der Waals surface area contributed by atoms with Crippen molar-refractivity contribution in [2.24, 2.45) is 5.92 Å². The quantitative estimate of drug-likeness (QED) is 0.705. The van der Waals surface area contributed by atoms with Crippen LogP contribution in [0, 0.1) is 5.92 Å². The van der Waals surface area contributed by atoms with Crippen LogP contribution >= 0.6 is 23.2 Å². The van der Waals surface area contributed by atoms with Gasteiger partial charge in [-0.3, -0.25) is 4.79 Å². The van der Waals surface area contributed by atoms with E-state index in [-0.39, 0.29) is 0 Å². The van der Waals surface area contributed by atoms with E-state index < -0.39 is 0 Å². The molecule has 0 heterocycles. The summed E-state index contributed by atoms with van der Waals surface area (Å²) in [5, 5.41) is 1.07. The molecule has 0 saturated heterocycles. The molecule has 1 nitrogen and oxygen atoms in total. The van der Waals surface area contributed by atoms with E-state index in [0.717, 1.165) is 17.9 Å². The zero-order chi connectivity index (χ0) is 13.7. The van der Waals surface area contributed by atoms with Crippen molar-refractivity contribution in [1.29, 1.82) is 0 Å². The summed E-state index contributed by atoms with van der Waals surface area (Å²) >= 11 is 11.8. The van der Waals surface area contributed by atoms with Crippen molar-refractivity contribution in [3.8, 4) is 0 Å². The molecule has 0 bridgehead atoms. The highest BCUT2D eigenvalue weighted by molar-refractivity contribution is 6.42. The molecule has 19 heavy (non-hydrogen) atoms. The zero-order valence-corrected chi connectivity index (χ0v) is 12.6. The average molecular weight is 299 g/mol. The normalized spacial score (nSPS) is 16.5. The number of carbonyl (C=O) groups excluding carboxylic acids is 1. The largest absolute Gasteiger partial charge is 0.299 e. The van der Waals surface area contributed by atoms with Crippen molar-refractivity contribution in [2.75, 3.05) is 0 Å². The molecule has 1 aliphatic carbocycles. The molecule has 0 radical (unpaired) electrons. The number of hydrogen-bond acceptors (Lipinski definition) is 1. The first kappa shape index (κ1) is 14.9. The van der Waals surface area contributed by atoms with Crippen LogP contribution < -0.4 is 0 Å². The highest BCUT2D eigenvalue weighted by Crippen LogP contribution is 2.28. The van der Waals surface area contributed by atoms with Gasteiger partial charge < -0.3 is 0 Å². The van der Waals surface area contributed by atoms with Gasteiger partial charge in [0.05, 0.1) is 10.0 Å². The fraction of sp³-hybridized carbons (Fsp3) is 0.562. The highest BCUT2D eigenvalue weighted by atomic mass is 35.5. The van der Waals surface area contributed by atoms with Gasteiger partial charge in [0.15, 0.2) is 0 Å². The molecule has 0 amide bonds. The SMILES string of the molecule is O=C(CCC1CCCCC1)Cc1ccc(Cl)c(Cl)c1. The summed E-state index contributed by atoms with van der Waals surface area (Å²) in [6.07, 6.45) is 8.89. The molecule has 2 rings (SSSR count). The molecular formula is C16H20Cl2O. The average Bonchev–Trinajstić information content (AvgIpc) is 2.42. The number of benzene rings is 1. The summed E-state index contributed by atoms with van der Waals surface area (Å²) < 4.78 is 0. The molecule has 1 fully saturated rings. The Labute approximate surface area is 125 Å². The van der Waals surface area contributed by atoms with Gasteiger partial charge in [0.2, 0.25) is 0 Å². The fourth-order valence-electron chi connectivity index (χ4n) is 2.81. The minimum atomic E-state index is 0.309. The number of hydrogen-bond donors (Lipinski definition) is 0. The Kier molecular flexibility index (Phi) is 5.72. The zero-order valence-electron chi connectivity index (χ0n) is 11.1. The molecule has 1 aliphatic rings. The van der Waals surface area contributed by atoms with Crippen LogP contribution in [-0.2, 0) is 11.2 Å². The molecule has 1 aromatic carbocycles. The van der Waals surface area contributed by atoms with Crippen LogP contribution in [0.2, 0.25) is 10.0 Å². The molecule has 0 aliphatic heterocycles. The van der Waals surface area contributed by atoms with E-state index in [2.05, 4.69) is 0 Å². The fourth-order valence-corrected chi connectivity index (χ4v) is 3.13. The Morgan fingerprint density at radius 3 is 2.53 bits per heavy atom. The van der Waals surface area contributed by atoms with Crippen molar-refractivity contribution in [2.45, 2.75) is 51.4 Å². The first-order valence-corrected chi connectivity index (χ1v) is 7.86. The van der Waals surface area contributed by atoms with Crippen LogP contribution in [0.15, 0.2) is 18.2 Å². The van der Waals surface area contributed by atoms with Gasteiger partial charge in [0, 0.05) is 12.8 Å². The van der Waals surface area contributed by atoms with E-state index in [1.807, 2.05) is 6.07 Å². The third kappa shape index (κ3) is 4.81. The highest BCUT2D eigenvalue weighted by Gasteiger charge is 2.15. The summed E-state index contributed by atoms with van der Waals surface area (Å²) in [5.41, 5.74) is 0.961. The summed E-state index contributed by atoms with van der Waals surface area (Å²) in [5.74, 6) is 1.08. The minimum Gasteiger partial charge on any atom is -0.299 e. The van der Waals surface area contributed by atoms with Crippen LogP contribution in [0.4, 0.5) is 0 Å². The molecule has 0 unspecified atom stereocenters. The van der Waals surface area contributed by atoms with E-state index in [9.17, 15) is 4.79 Å². The number of rotatable bonds is 5. The van der Waals surface area contributed by atoms with Crippen molar-refractivity contribution in [3.63, 3.8) is 0 Å². The summed E-state index contributed by atoms with van der Waals surface area (Å²) in [4.78, 5) is 12.0. The van der Waals surface area contributed by atoms with Crippen LogP contribution in [0.1, 0.15) is 50.5 Å². The Balaban J connectivity index is 1.78. The number of carbonyl (C=O) groups is 1. The maximum Gasteiger partial charge on any atom is 0.137 e. The molecule has 1 saturated carbocycles. The Morgan fingerprint density at radius 1 is 1.11 bits per heavy atom. The van der Waals surface area contributed by atoms with Crippen LogP contribution in [0.3, 0.4) is 0 Å². The lowest BCUT2D eigenvalue weighted by Gasteiger charge is -2.20. The molecular weight excluding hydrogens is 279 g/mol. The van der Waals surface area contributed by atoms with Gasteiger partial charge in [0.25, 0.3) is 0 Å². The standard InChI is InChI=1S/C16H20Cl2O/c17-15-9-7-13(11-16(15)18)10-14(19)8-6-12-4-2-1-3-5-12/h7,9,11-12H,1-6,8,10H2. The summed E-state index contributed by atoms with van der Waals surface area (Å²) in [6, 6.07) is 5.43. The Morgan fingerprint density at radius 2 is 1.84 bits per heavy atom. The monoisotopic (exact) mass is 298 g/mol. The molecule has 0 N–H and O–H groups in total. The van der Waals surface area contributed by atoms with Gasteiger partial charge in [-0.1, -0.05) is 61.4 Å². The predicted molar refractivity (Wildman–Crippen MR) is 81.0 cm³/mol. The second-order valence-electron chi connectivity index (χ2n) is 5.51. The van der Waals surface area contributed by atoms with Gasteiger partial charge in [-0.05, 0) is 30.0 Å². The van der Waals surface area contributed by atoms with Crippen LogP contribution in [0.5, 0.6) is 0 Å². The smallest absolute Gasteiger partial charge is 0.137 e. The molecule has 104 valence electrons. The third-order valence-electron chi connectivity index (χ3n) is 3.94. The number of ketones is 1. The van der Waals surface area contributed by atoms with Crippen molar-refractivity contribution >= 4 is 29.0 Å². The number of halogens is 2. The lowest BCUT2D eigenvalue weighted by molar-refractivity contribution is -0.118. The first-order chi connectivity index (χ1) is 9.15. The van der Waals surface area contributed by atoms with E-state index in [1.54, 1.807) is 12.1 Å². The van der Waals surface area contributed by atoms with Crippen molar-refractivity contribution in [3.05, 3.63) is 33.8 Å². The van der Waals surface area contributed by atoms with Crippen molar-refractivity contribution < 1.29 is 4.79 Å². The van der Waals surface area contributed by atoms with Gasteiger partial charge in [0.1, 0.15) is 5.78 Å². The van der Waals surface area contributed by atoms with Crippen LogP contribution in [0.25, 0.3) is 0 Å². The van der Waals surface area contributed by atoms with Crippen LogP contribution in [-0.4, -0.2) is 5.78 Å². The Bertz CT molecular complexity index is 436. The minimum absolute atomic E-state index is 0.309. The van der Waals surface area contributed by atoms with Crippen molar-refractivity contribution in [1.82, 2.24) is 0 Å². The lowest BCUT2D eigenvalue weighted by Crippen LogP contribution is -2.10. The van der Waals surface area contributed by atoms with E-state index >= 15 is 0 Å². The molecule has 1 aromatic rings. The third-order valence-corrected chi connectivity index (χ3v) is 4.68. The topological polar surface area (TPSA) is 17.1 Å². The number of Topliss-reactive ketones (excluding diaryl/α,β-unsaturated/α-hetero) is 1. The first-order valence-electron chi connectivity index (χ1n) is 7.11. The van der Waals surface area contributed by atoms with Gasteiger partial charge in [-0.25, -0.2) is 0 Å². The van der Waals surface area contributed by atoms with E-state index in [1.165, 1.54) is 32.1 Å². The van der Waals surface area contributed by atoms with Gasteiger partial charge >= 0.3 is 0 Å². The molecule has 3 heteroatoms. The second kappa shape index (κ2) is 7.31. The van der Waals surface area contributed by atoms with E-state index in [0.29, 0.717) is 28.7 Å². The van der Waals surface area contributed by atoms with E-state index in [4.69, 9.17) is 23.2 Å². The summed E-state index contributed by atoms with van der Waals surface area (Å²) in [6.45, 7) is 0.